The average molecular weight is 831 g/mol. The second-order valence-corrected chi connectivity index (χ2v) is 17.6. The summed E-state index contributed by atoms with van der Waals surface area (Å²) in [5.74, 6) is 0. The highest BCUT2D eigenvalue weighted by atomic mass is 15.1. The number of hydrogen-bond donors (Lipinski definition) is 0. The van der Waals surface area contributed by atoms with Crippen LogP contribution in [0.1, 0.15) is 25.0 Å². The van der Waals surface area contributed by atoms with Crippen molar-refractivity contribution in [2.24, 2.45) is 0 Å². The molecule has 0 radical (unpaired) electrons. The van der Waals surface area contributed by atoms with E-state index in [4.69, 9.17) is 0 Å². The van der Waals surface area contributed by atoms with Crippen molar-refractivity contribution in [1.82, 2.24) is 4.57 Å². The number of rotatable bonds is 8. The highest BCUT2D eigenvalue weighted by Gasteiger charge is 2.39. The van der Waals surface area contributed by atoms with Crippen molar-refractivity contribution in [2.45, 2.75) is 19.3 Å². The van der Waals surface area contributed by atoms with E-state index >= 15 is 0 Å². The van der Waals surface area contributed by atoms with Crippen LogP contribution in [0, 0.1) is 0 Å². The molecule has 1 aliphatic rings. The summed E-state index contributed by atoms with van der Waals surface area (Å²) in [6.45, 7) is 4.78. The van der Waals surface area contributed by atoms with Gasteiger partial charge in [0.2, 0.25) is 0 Å². The van der Waals surface area contributed by atoms with Crippen molar-refractivity contribution in [3.05, 3.63) is 254 Å². The Labute approximate surface area is 381 Å². The van der Waals surface area contributed by atoms with Crippen molar-refractivity contribution in [3.8, 4) is 61.3 Å². The van der Waals surface area contributed by atoms with Gasteiger partial charge in [0, 0.05) is 33.1 Å². The van der Waals surface area contributed by atoms with Gasteiger partial charge in [-0.2, -0.15) is 0 Å². The lowest BCUT2D eigenvalue weighted by Gasteiger charge is -2.34. The minimum Gasteiger partial charge on any atom is -0.310 e. The summed E-state index contributed by atoms with van der Waals surface area (Å²) in [6.07, 6.45) is 0. The van der Waals surface area contributed by atoms with E-state index in [0.29, 0.717) is 0 Å². The van der Waals surface area contributed by atoms with Crippen molar-refractivity contribution < 1.29 is 0 Å². The van der Waals surface area contributed by atoms with Crippen LogP contribution in [-0.4, -0.2) is 4.57 Å². The molecule has 0 unspecified atom stereocenters. The van der Waals surface area contributed by atoms with Crippen LogP contribution in [0.15, 0.2) is 243 Å². The van der Waals surface area contributed by atoms with Gasteiger partial charge in [0.25, 0.3) is 0 Å². The Morgan fingerprint density at radius 2 is 0.862 bits per heavy atom. The topological polar surface area (TPSA) is 8.17 Å². The maximum absolute atomic E-state index is 2.54. The van der Waals surface area contributed by atoms with Crippen LogP contribution >= 0.6 is 0 Å². The molecule has 12 rings (SSSR count). The lowest BCUT2D eigenvalue weighted by Crippen LogP contribution is -2.21. The second-order valence-electron chi connectivity index (χ2n) is 17.6. The third-order valence-electron chi connectivity index (χ3n) is 13.6. The van der Waals surface area contributed by atoms with Gasteiger partial charge < -0.3 is 9.47 Å². The van der Waals surface area contributed by atoms with Gasteiger partial charge in [0.15, 0.2) is 0 Å². The van der Waals surface area contributed by atoms with Gasteiger partial charge in [-0.15, -0.1) is 0 Å². The molecule has 0 bridgehead atoms. The standard InChI is InChI=1S/C63H46N2/c1-63(2)55-34-16-14-28-51(55)53-33-20-38-59(62(53)63)65(57-36-18-31-49(44-23-8-4-9-24-44)60(57)52-29-13-12-27-48(52)43-21-6-3-7-22-43)47-41-39-45(40-42-47)50-32-19-37-58-61(50)54-30-15-17-35-56(54)64(58)46-25-10-5-11-26-46/h3-42H,1-2H3. The normalized spacial score (nSPS) is 12.6. The molecule has 0 amide bonds. The van der Waals surface area contributed by atoms with E-state index in [-0.39, 0.29) is 5.41 Å². The Morgan fingerprint density at radius 3 is 1.60 bits per heavy atom. The Morgan fingerprint density at radius 1 is 0.354 bits per heavy atom. The van der Waals surface area contributed by atoms with Crippen LogP contribution < -0.4 is 4.90 Å². The molecule has 1 aromatic heterocycles. The quantitative estimate of drug-likeness (QED) is 0.148. The van der Waals surface area contributed by atoms with Gasteiger partial charge in [-0.1, -0.05) is 208 Å². The smallest absolute Gasteiger partial charge is 0.0547 e. The summed E-state index contributed by atoms with van der Waals surface area (Å²) in [5, 5.41) is 2.50. The number of fused-ring (bicyclic) bond motifs is 6. The summed E-state index contributed by atoms with van der Waals surface area (Å²) < 4.78 is 2.40. The molecule has 1 aliphatic carbocycles. The molecule has 2 nitrogen and oxygen atoms in total. The third-order valence-corrected chi connectivity index (χ3v) is 13.6. The van der Waals surface area contributed by atoms with Crippen LogP contribution in [0.2, 0.25) is 0 Å². The van der Waals surface area contributed by atoms with Gasteiger partial charge >= 0.3 is 0 Å². The predicted molar refractivity (Wildman–Crippen MR) is 275 cm³/mol. The van der Waals surface area contributed by atoms with E-state index in [2.05, 4.69) is 266 Å². The highest BCUT2D eigenvalue weighted by molar-refractivity contribution is 6.16. The minimum atomic E-state index is -0.248. The first kappa shape index (κ1) is 38.5. The van der Waals surface area contributed by atoms with E-state index in [1.165, 1.54) is 94.3 Å². The number of hydrogen-bond acceptors (Lipinski definition) is 1. The average Bonchev–Trinajstić information content (AvgIpc) is 3.84. The van der Waals surface area contributed by atoms with Crippen LogP contribution in [0.25, 0.3) is 83.1 Å². The highest BCUT2D eigenvalue weighted by Crippen LogP contribution is 2.56. The lowest BCUT2D eigenvalue weighted by molar-refractivity contribution is 0.661. The Balaban J connectivity index is 1.12. The fraction of sp³-hybridized carbons (Fsp3) is 0.0476. The molecule has 0 fully saturated rings. The van der Waals surface area contributed by atoms with Gasteiger partial charge in [0.05, 0.1) is 22.4 Å². The summed E-state index contributed by atoms with van der Waals surface area (Å²) >= 11 is 0. The molecule has 0 saturated heterocycles. The molecule has 11 aromatic rings. The molecule has 1 heterocycles. The molecular weight excluding hydrogens is 785 g/mol. The number of benzene rings is 10. The summed E-state index contributed by atoms with van der Waals surface area (Å²) in [4.78, 5) is 2.54. The van der Waals surface area contributed by atoms with Crippen LogP contribution in [0.5, 0.6) is 0 Å². The van der Waals surface area contributed by atoms with Gasteiger partial charge in [0.1, 0.15) is 0 Å². The van der Waals surface area contributed by atoms with Crippen molar-refractivity contribution in [1.29, 1.82) is 0 Å². The fourth-order valence-corrected chi connectivity index (χ4v) is 10.8. The number of anilines is 3. The Hall–Kier alpha value is -8.20. The third kappa shape index (κ3) is 6.25. The largest absolute Gasteiger partial charge is 0.310 e. The van der Waals surface area contributed by atoms with E-state index in [1.807, 2.05) is 0 Å². The van der Waals surface area contributed by atoms with Crippen LogP contribution in [0.4, 0.5) is 17.1 Å². The van der Waals surface area contributed by atoms with Crippen LogP contribution in [0.3, 0.4) is 0 Å². The second kappa shape index (κ2) is 15.6. The Kier molecular flexibility index (Phi) is 9.21. The van der Waals surface area contributed by atoms with Gasteiger partial charge in [-0.05, 0) is 110 Å². The maximum Gasteiger partial charge on any atom is 0.0547 e. The number of para-hydroxylation sites is 2. The van der Waals surface area contributed by atoms with Gasteiger partial charge in [-0.25, -0.2) is 0 Å². The van der Waals surface area contributed by atoms with E-state index < -0.39 is 0 Å². The molecule has 2 heteroatoms. The van der Waals surface area contributed by atoms with Crippen molar-refractivity contribution >= 4 is 38.9 Å². The monoisotopic (exact) mass is 830 g/mol. The summed E-state index contributed by atoms with van der Waals surface area (Å²) in [5.41, 5.74) is 21.5. The van der Waals surface area contributed by atoms with Crippen molar-refractivity contribution in [3.63, 3.8) is 0 Å². The molecule has 10 aromatic carbocycles. The number of aromatic nitrogens is 1. The maximum atomic E-state index is 2.54. The summed E-state index contributed by atoms with van der Waals surface area (Å²) in [7, 11) is 0. The lowest BCUT2D eigenvalue weighted by atomic mass is 9.81. The van der Waals surface area contributed by atoms with E-state index in [1.54, 1.807) is 0 Å². The zero-order valence-corrected chi connectivity index (χ0v) is 36.5. The van der Waals surface area contributed by atoms with E-state index in [9.17, 15) is 0 Å². The molecule has 0 spiro atoms. The fourth-order valence-electron chi connectivity index (χ4n) is 10.8. The molecule has 0 atom stereocenters. The first-order valence-corrected chi connectivity index (χ1v) is 22.6. The zero-order valence-electron chi connectivity index (χ0n) is 36.5. The molecule has 65 heavy (non-hydrogen) atoms. The first-order valence-electron chi connectivity index (χ1n) is 22.6. The Bertz CT molecular complexity index is 3550. The number of nitrogens with zero attached hydrogens (tertiary/aromatic N) is 2. The summed E-state index contributed by atoms with van der Waals surface area (Å²) in [6, 6.07) is 88.9. The van der Waals surface area contributed by atoms with Crippen molar-refractivity contribution in [2.75, 3.05) is 4.90 Å². The molecule has 0 aliphatic heterocycles. The van der Waals surface area contributed by atoms with Gasteiger partial charge in [-0.3, -0.25) is 0 Å². The zero-order chi connectivity index (χ0) is 43.5. The van der Waals surface area contributed by atoms with E-state index in [0.717, 1.165) is 17.1 Å². The first-order chi connectivity index (χ1) is 32.1. The minimum absolute atomic E-state index is 0.248. The SMILES string of the molecule is CC1(C)c2ccccc2-c2cccc(N(c3ccc(-c4cccc5c4c4ccccc4n5-c4ccccc4)cc3)c3cccc(-c4ccccc4)c3-c3ccccc3-c3ccccc3)c21. The predicted octanol–water partition coefficient (Wildman–Crippen LogP) is 17.2. The molecular formula is C63H46N2. The molecule has 0 saturated carbocycles. The molecule has 308 valence electrons. The van der Waals surface area contributed by atoms with Crippen LogP contribution in [-0.2, 0) is 5.41 Å². The molecule has 0 N–H and O–H groups in total.